The van der Waals surface area contributed by atoms with E-state index in [1.807, 2.05) is 0 Å². The zero-order valence-corrected chi connectivity index (χ0v) is 16.5. The summed E-state index contributed by atoms with van der Waals surface area (Å²) in [7, 11) is 0. The lowest BCUT2D eigenvalue weighted by Gasteiger charge is -2.36. The first-order chi connectivity index (χ1) is 13.0. The van der Waals surface area contributed by atoms with Crippen molar-refractivity contribution < 1.29 is 5.11 Å². The van der Waals surface area contributed by atoms with Gasteiger partial charge in [-0.05, 0) is 43.2 Å². The summed E-state index contributed by atoms with van der Waals surface area (Å²) in [5.74, 6) is 3.60. The van der Waals surface area contributed by atoms with Gasteiger partial charge in [-0.25, -0.2) is 9.97 Å². The van der Waals surface area contributed by atoms with E-state index in [4.69, 9.17) is 9.97 Å². The van der Waals surface area contributed by atoms with Crippen LogP contribution < -0.4 is 10.2 Å². The minimum absolute atomic E-state index is 0.000640. The molecule has 0 amide bonds. The first-order valence-electron chi connectivity index (χ1n) is 10.1. The fourth-order valence-corrected chi connectivity index (χ4v) is 3.80. The molecule has 2 N–H and O–H groups in total. The number of rotatable bonds is 6. The molecule has 2 aliphatic rings. The van der Waals surface area contributed by atoms with Gasteiger partial charge in [-0.2, -0.15) is 0 Å². The number of hydrogen-bond acceptors (Lipinski definition) is 5. The van der Waals surface area contributed by atoms with Gasteiger partial charge >= 0.3 is 0 Å². The first-order valence-corrected chi connectivity index (χ1v) is 10.1. The van der Waals surface area contributed by atoms with Crippen LogP contribution in [-0.4, -0.2) is 33.8 Å². The van der Waals surface area contributed by atoms with Crippen LogP contribution in [0, 0.1) is 5.92 Å². The molecule has 1 fully saturated rings. The summed E-state index contributed by atoms with van der Waals surface area (Å²) in [4.78, 5) is 12.1. The Bertz CT molecular complexity index is 803. The van der Waals surface area contributed by atoms with E-state index in [2.05, 4.69) is 61.3 Å². The Labute approximate surface area is 161 Å². The molecule has 5 nitrogen and oxygen atoms in total. The van der Waals surface area contributed by atoms with Crippen molar-refractivity contribution in [2.45, 2.75) is 64.6 Å². The molecule has 0 radical (unpaired) electrons. The molecule has 2 heterocycles. The van der Waals surface area contributed by atoms with E-state index < -0.39 is 0 Å². The largest absolute Gasteiger partial charge is 0.394 e. The summed E-state index contributed by atoms with van der Waals surface area (Å²) in [5, 5.41) is 13.1. The van der Waals surface area contributed by atoms with Crippen molar-refractivity contribution >= 4 is 11.6 Å². The number of aromatic nitrogens is 2. The number of aliphatic hydroxyl groups excluding tert-OH is 1. The smallest absolute Gasteiger partial charge is 0.136 e. The lowest BCUT2D eigenvalue weighted by atomic mass is 9.95. The molecule has 2 aromatic rings. The predicted octanol–water partition coefficient (Wildman–Crippen LogP) is 3.73. The average Bonchev–Trinajstić information content (AvgIpc) is 3.50. The number of fused-ring (bicyclic) bond motifs is 1. The van der Waals surface area contributed by atoms with Crippen LogP contribution in [0.2, 0.25) is 0 Å². The molecular weight excluding hydrogens is 336 g/mol. The number of anilines is 2. The third kappa shape index (κ3) is 3.93. The number of nitrogens with one attached hydrogen (secondary N) is 1. The Balaban J connectivity index is 1.65. The van der Waals surface area contributed by atoms with Crippen LogP contribution in [-0.2, 0) is 13.0 Å². The van der Waals surface area contributed by atoms with Gasteiger partial charge in [0.2, 0.25) is 0 Å². The van der Waals surface area contributed by atoms with Crippen LogP contribution in [0.3, 0.4) is 0 Å². The fraction of sp³-hybridized carbons (Fsp3) is 0.545. The van der Waals surface area contributed by atoms with Crippen molar-refractivity contribution in [3.8, 4) is 0 Å². The molecule has 1 aliphatic heterocycles. The maximum atomic E-state index is 9.70. The molecule has 4 rings (SSSR count). The lowest BCUT2D eigenvalue weighted by molar-refractivity contribution is 0.249. The second-order valence-electron chi connectivity index (χ2n) is 8.37. The summed E-state index contributed by atoms with van der Waals surface area (Å²) in [6, 6.07) is 11.1. The van der Waals surface area contributed by atoms with Crippen LogP contribution >= 0.6 is 0 Å². The van der Waals surface area contributed by atoms with Gasteiger partial charge in [0.05, 0.1) is 12.6 Å². The van der Waals surface area contributed by atoms with Crippen LogP contribution in [0.4, 0.5) is 11.6 Å². The Morgan fingerprint density at radius 2 is 1.93 bits per heavy atom. The third-order valence-corrected chi connectivity index (χ3v) is 5.81. The van der Waals surface area contributed by atoms with E-state index in [1.54, 1.807) is 0 Å². The summed E-state index contributed by atoms with van der Waals surface area (Å²) in [6.07, 6.45) is 3.39. The number of benzene rings is 1. The second-order valence-corrected chi connectivity index (χ2v) is 8.37. The molecule has 1 aromatic heterocycles. The summed E-state index contributed by atoms with van der Waals surface area (Å²) in [5.41, 5.74) is 2.82. The van der Waals surface area contributed by atoms with Crippen LogP contribution in [0.5, 0.6) is 0 Å². The highest BCUT2D eigenvalue weighted by Crippen LogP contribution is 2.40. The Morgan fingerprint density at radius 1 is 1.19 bits per heavy atom. The molecular formula is C22H30N4O. The molecule has 27 heavy (non-hydrogen) atoms. The number of aliphatic hydroxyl groups is 1. The quantitative estimate of drug-likeness (QED) is 0.816. The van der Waals surface area contributed by atoms with Gasteiger partial charge in [0, 0.05) is 24.6 Å². The van der Waals surface area contributed by atoms with Gasteiger partial charge in [-0.3, -0.25) is 0 Å². The SMILES string of the molecule is CC(C)[C@H](CO)Nc1cc(N2Cc3ccccc3C[C@@H]2C)nc(C2CC2)n1. The summed E-state index contributed by atoms with van der Waals surface area (Å²) in [6.45, 7) is 7.48. The van der Waals surface area contributed by atoms with Crippen molar-refractivity contribution in [3.63, 3.8) is 0 Å². The third-order valence-electron chi connectivity index (χ3n) is 5.81. The number of nitrogens with zero attached hydrogens (tertiary/aromatic N) is 3. The van der Waals surface area contributed by atoms with E-state index >= 15 is 0 Å². The van der Waals surface area contributed by atoms with Gasteiger partial charge in [-0.15, -0.1) is 0 Å². The van der Waals surface area contributed by atoms with Crippen LogP contribution in [0.15, 0.2) is 30.3 Å². The molecule has 1 aliphatic carbocycles. The Hall–Kier alpha value is -2.14. The number of hydrogen-bond donors (Lipinski definition) is 2. The highest BCUT2D eigenvalue weighted by molar-refractivity contribution is 5.53. The maximum absolute atomic E-state index is 9.70. The van der Waals surface area contributed by atoms with E-state index in [-0.39, 0.29) is 12.6 Å². The van der Waals surface area contributed by atoms with Crippen LogP contribution in [0.1, 0.15) is 56.5 Å². The molecule has 0 saturated heterocycles. The first kappa shape index (κ1) is 18.2. The van der Waals surface area contributed by atoms with Gasteiger partial charge in [0.25, 0.3) is 0 Å². The van der Waals surface area contributed by atoms with Gasteiger partial charge < -0.3 is 15.3 Å². The predicted molar refractivity (Wildman–Crippen MR) is 109 cm³/mol. The summed E-state index contributed by atoms with van der Waals surface area (Å²) < 4.78 is 0. The van der Waals surface area contributed by atoms with E-state index in [1.165, 1.54) is 24.0 Å². The van der Waals surface area contributed by atoms with E-state index in [0.29, 0.717) is 17.9 Å². The van der Waals surface area contributed by atoms with Gasteiger partial charge in [0.1, 0.15) is 17.5 Å². The Kier molecular flexibility index (Phi) is 5.04. The molecule has 1 saturated carbocycles. The zero-order chi connectivity index (χ0) is 19.0. The molecule has 1 aromatic carbocycles. The standard InChI is InChI=1S/C22H30N4O/c1-14(2)19(13-27)23-20-11-21(25-22(24-20)16-8-9-16)26-12-18-7-5-4-6-17(18)10-15(26)3/h4-7,11,14-16,19,27H,8-10,12-13H2,1-3H3,(H,23,24,25)/t15-,19-/m0/s1. The minimum atomic E-state index is -0.000640. The van der Waals surface area contributed by atoms with Gasteiger partial charge in [-0.1, -0.05) is 38.1 Å². The van der Waals surface area contributed by atoms with Crippen molar-refractivity contribution in [1.29, 1.82) is 0 Å². The Morgan fingerprint density at radius 3 is 2.59 bits per heavy atom. The topological polar surface area (TPSA) is 61.3 Å². The molecule has 144 valence electrons. The van der Waals surface area contributed by atoms with E-state index in [0.717, 1.165) is 30.4 Å². The van der Waals surface area contributed by atoms with Gasteiger partial charge in [0.15, 0.2) is 0 Å². The minimum Gasteiger partial charge on any atom is -0.394 e. The second kappa shape index (κ2) is 7.47. The highest BCUT2D eigenvalue weighted by Gasteiger charge is 2.30. The lowest BCUT2D eigenvalue weighted by Crippen LogP contribution is -2.39. The summed E-state index contributed by atoms with van der Waals surface area (Å²) >= 11 is 0. The molecule has 2 atom stereocenters. The van der Waals surface area contributed by atoms with Crippen molar-refractivity contribution in [2.75, 3.05) is 16.8 Å². The molecule has 5 heteroatoms. The van der Waals surface area contributed by atoms with Crippen molar-refractivity contribution in [2.24, 2.45) is 5.92 Å². The van der Waals surface area contributed by atoms with E-state index in [9.17, 15) is 5.11 Å². The fourth-order valence-electron chi connectivity index (χ4n) is 3.80. The zero-order valence-electron chi connectivity index (χ0n) is 16.5. The highest BCUT2D eigenvalue weighted by atomic mass is 16.3. The maximum Gasteiger partial charge on any atom is 0.136 e. The van der Waals surface area contributed by atoms with Crippen molar-refractivity contribution in [3.05, 3.63) is 47.3 Å². The van der Waals surface area contributed by atoms with Crippen molar-refractivity contribution in [1.82, 2.24) is 9.97 Å². The molecule has 0 spiro atoms. The molecule has 0 bridgehead atoms. The molecule has 0 unspecified atom stereocenters. The normalized spacial score (nSPS) is 20.5. The monoisotopic (exact) mass is 366 g/mol. The van der Waals surface area contributed by atoms with Crippen LogP contribution in [0.25, 0.3) is 0 Å². The average molecular weight is 367 g/mol.